The molecule has 0 spiro atoms. The Morgan fingerprint density at radius 1 is 1.29 bits per heavy atom. The first-order chi connectivity index (χ1) is 11.0. The summed E-state index contributed by atoms with van der Waals surface area (Å²) in [6.45, 7) is 16.6. The molecule has 1 aliphatic heterocycles. The van der Waals surface area contributed by atoms with Crippen LogP contribution in [0.5, 0.6) is 0 Å². The van der Waals surface area contributed by atoms with Gasteiger partial charge in [-0.3, -0.25) is 4.99 Å². The molecule has 1 unspecified atom stereocenters. The maximum absolute atomic E-state index is 4.88. The summed E-state index contributed by atoms with van der Waals surface area (Å²) in [4.78, 5) is 9.75. The number of nitrogens with one attached hydrogen (secondary N) is 1. The van der Waals surface area contributed by atoms with E-state index in [1.54, 1.807) is 0 Å². The Bertz CT molecular complexity index is 350. The molecule has 1 atom stereocenters. The van der Waals surface area contributed by atoms with Gasteiger partial charge in [0.1, 0.15) is 0 Å². The predicted octanol–water partition coefficient (Wildman–Crippen LogP) is 3.76. The molecule has 0 amide bonds. The molecule has 0 aliphatic carbocycles. The highest BCUT2D eigenvalue weighted by molar-refractivity contribution is 14.0. The fourth-order valence-electron chi connectivity index (χ4n) is 2.61. The number of nitrogens with zero attached hydrogens (tertiary/aromatic N) is 3. The van der Waals surface area contributed by atoms with Crippen molar-refractivity contribution in [2.45, 2.75) is 58.8 Å². The van der Waals surface area contributed by atoms with Gasteiger partial charge in [-0.1, -0.05) is 13.8 Å². The molecule has 1 fully saturated rings. The third kappa shape index (κ3) is 9.13. The summed E-state index contributed by atoms with van der Waals surface area (Å²) in [6, 6.07) is 0.634. The Hall–Kier alpha value is 0.310. The van der Waals surface area contributed by atoms with Crippen LogP contribution in [0.25, 0.3) is 0 Å². The molecule has 0 saturated carbocycles. The molecule has 144 valence electrons. The van der Waals surface area contributed by atoms with Crippen molar-refractivity contribution in [2.24, 2.45) is 10.9 Å². The van der Waals surface area contributed by atoms with Crippen molar-refractivity contribution in [3.63, 3.8) is 0 Å². The van der Waals surface area contributed by atoms with Gasteiger partial charge in [0.05, 0.1) is 0 Å². The SMILES string of the molecule is CCNC(=NCCCCN(C)C(C)C)N1CCSC(C(C)C)C1.I. The van der Waals surface area contributed by atoms with E-state index in [1.165, 1.54) is 25.1 Å². The molecule has 0 radical (unpaired) electrons. The molecular formula is C18H39IN4S. The van der Waals surface area contributed by atoms with Crippen molar-refractivity contribution in [1.82, 2.24) is 15.1 Å². The Balaban J connectivity index is 0.00000529. The molecular weight excluding hydrogens is 431 g/mol. The first-order valence-corrected chi connectivity index (χ1v) is 10.4. The summed E-state index contributed by atoms with van der Waals surface area (Å²) in [5.41, 5.74) is 0. The number of rotatable bonds is 8. The van der Waals surface area contributed by atoms with Crippen LogP contribution in [0, 0.1) is 5.92 Å². The summed E-state index contributed by atoms with van der Waals surface area (Å²) < 4.78 is 0. The fraction of sp³-hybridized carbons (Fsp3) is 0.944. The van der Waals surface area contributed by atoms with E-state index < -0.39 is 0 Å². The van der Waals surface area contributed by atoms with Gasteiger partial charge in [0, 0.05) is 43.2 Å². The van der Waals surface area contributed by atoms with Gasteiger partial charge >= 0.3 is 0 Å². The van der Waals surface area contributed by atoms with Gasteiger partial charge < -0.3 is 15.1 Å². The van der Waals surface area contributed by atoms with Gasteiger partial charge in [-0.25, -0.2) is 0 Å². The second-order valence-corrected chi connectivity index (χ2v) is 8.46. The van der Waals surface area contributed by atoms with Gasteiger partial charge in [0.15, 0.2) is 5.96 Å². The summed E-state index contributed by atoms with van der Waals surface area (Å²) in [5.74, 6) is 3.07. The fourth-order valence-corrected chi connectivity index (χ4v) is 3.91. The van der Waals surface area contributed by atoms with Crippen LogP contribution in [-0.4, -0.2) is 72.6 Å². The third-order valence-corrected chi connectivity index (χ3v) is 6.07. The smallest absolute Gasteiger partial charge is 0.193 e. The molecule has 0 aromatic carbocycles. The molecule has 0 bridgehead atoms. The lowest BCUT2D eigenvalue weighted by Crippen LogP contribution is -2.49. The van der Waals surface area contributed by atoms with Gasteiger partial charge in [-0.15, -0.1) is 24.0 Å². The second kappa shape index (κ2) is 13.5. The summed E-state index contributed by atoms with van der Waals surface area (Å²) >= 11 is 2.12. The number of unbranched alkanes of at least 4 members (excludes halogenated alkanes) is 1. The standard InChI is InChI=1S/C18H38N4S.HI/c1-7-19-18(20-10-8-9-11-21(6)16(4)5)22-12-13-23-17(14-22)15(2)3;/h15-17H,7-14H2,1-6H3,(H,19,20);1H. The summed E-state index contributed by atoms with van der Waals surface area (Å²) in [7, 11) is 2.20. The normalized spacial score (nSPS) is 19.1. The Morgan fingerprint density at radius 2 is 2.00 bits per heavy atom. The van der Waals surface area contributed by atoms with Crippen molar-refractivity contribution < 1.29 is 0 Å². The highest BCUT2D eigenvalue weighted by Gasteiger charge is 2.24. The zero-order chi connectivity index (χ0) is 17.2. The Morgan fingerprint density at radius 3 is 2.58 bits per heavy atom. The van der Waals surface area contributed by atoms with E-state index in [0.29, 0.717) is 6.04 Å². The van der Waals surface area contributed by atoms with Crippen LogP contribution < -0.4 is 5.32 Å². The molecule has 1 saturated heterocycles. The maximum atomic E-state index is 4.88. The van der Waals surface area contributed by atoms with Gasteiger partial charge in [0.25, 0.3) is 0 Å². The molecule has 6 heteroatoms. The number of aliphatic imine (C=N–C) groups is 1. The highest BCUT2D eigenvalue weighted by atomic mass is 127. The minimum Gasteiger partial charge on any atom is -0.357 e. The largest absolute Gasteiger partial charge is 0.357 e. The number of guanidine groups is 1. The van der Waals surface area contributed by atoms with E-state index >= 15 is 0 Å². The second-order valence-electron chi connectivity index (χ2n) is 7.12. The minimum absolute atomic E-state index is 0. The molecule has 0 aromatic rings. The lowest BCUT2D eigenvalue weighted by atomic mass is 10.1. The molecule has 1 rings (SSSR count). The van der Waals surface area contributed by atoms with E-state index in [9.17, 15) is 0 Å². The molecule has 1 aliphatic rings. The molecule has 1 heterocycles. The van der Waals surface area contributed by atoms with Crippen LogP contribution in [-0.2, 0) is 0 Å². The van der Waals surface area contributed by atoms with Crippen LogP contribution in [0.15, 0.2) is 4.99 Å². The number of hydrogen-bond acceptors (Lipinski definition) is 3. The van der Waals surface area contributed by atoms with Gasteiger partial charge in [-0.05, 0) is 53.1 Å². The first kappa shape index (κ1) is 24.3. The Labute approximate surface area is 171 Å². The van der Waals surface area contributed by atoms with Crippen LogP contribution in [0.2, 0.25) is 0 Å². The third-order valence-electron chi connectivity index (χ3n) is 4.53. The zero-order valence-corrected chi connectivity index (χ0v) is 19.7. The van der Waals surface area contributed by atoms with Crippen molar-refractivity contribution in [3.8, 4) is 0 Å². The summed E-state index contributed by atoms with van der Waals surface area (Å²) in [6.07, 6.45) is 2.39. The van der Waals surface area contributed by atoms with Crippen LogP contribution >= 0.6 is 35.7 Å². The quantitative estimate of drug-likeness (QED) is 0.253. The lowest BCUT2D eigenvalue weighted by molar-refractivity contribution is 0.269. The average molecular weight is 471 g/mol. The monoisotopic (exact) mass is 470 g/mol. The molecule has 24 heavy (non-hydrogen) atoms. The number of thioether (sulfide) groups is 1. The average Bonchev–Trinajstić information content (AvgIpc) is 2.53. The maximum Gasteiger partial charge on any atom is 0.193 e. The number of halogens is 1. The number of hydrogen-bond donors (Lipinski definition) is 1. The molecule has 4 nitrogen and oxygen atoms in total. The van der Waals surface area contributed by atoms with E-state index in [2.05, 4.69) is 68.5 Å². The molecule has 1 N–H and O–H groups in total. The zero-order valence-electron chi connectivity index (χ0n) is 16.5. The summed E-state index contributed by atoms with van der Waals surface area (Å²) in [5, 5.41) is 4.21. The topological polar surface area (TPSA) is 30.9 Å². The first-order valence-electron chi connectivity index (χ1n) is 9.30. The van der Waals surface area contributed by atoms with Crippen molar-refractivity contribution in [1.29, 1.82) is 0 Å². The van der Waals surface area contributed by atoms with Crippen LogP contribution in [0.3, 0.4) is 0 Å². The van der Waals surface area contributed by atoms with Gasteiger partial charge in [-0.2, -0.15) is 11.8 Å². The van der Waals surface area contributed by atoms with Crippen molar-refractivity contribution >= 4 is 41.7 Å². The highest BCUT2D eigenvalue weighted by Crippen LogP contribution is 2.24. The minimum atomic E-state index is 0. The van der Waals surface area contributed by atoms with Crippen molar-refractivity contribution in [3.05, 3.63) is 0 Å². The molecule has 0 aromatic heterocycles. The predicted molar refractivity (Wildman–Crippen MR) is 121 cm³/mol. The van der Waals surface area contributed by atoms with Crippen LogP contribution in [0.4, 0.5) is 0 Å². The van der Waals surface area contributed by atoms with E-state index in [-0.39, 0.29) is 24.0 Å². The lowest BCUT2D eigenvalue weighted by Gasteiger charge is -2.36. The van der Waals surface area contributed by atoms with Crippen LogP contribution in [0.1, 0.15) is 47.5 Å². The van der Waals surface area contributed by atoms with E-state index in [4.69, 9.17) is 4.99 Å². The van der Waals surface area contributed by atoms with Crippen molar-refractivity contribution in [2.75, 3.05) is 45.5 Å². The van der Waals surface area contributed by atoms with E-state index in [0.717, 1.165) is 43.3 Å². The Kier molecular flexibility index (Phi) is 13.7. The van der Waals surface area contributed by atoms with Gasteiger partial charge in [0.2, 0.25) is 0 Å². The van der Waals surface area contributed by atoms with E-state index in [1.807, 2.05) is 0 Å².